The van der Waals surface area contributed by atoms with Gasteiger partial charge in [-0.2, -0.15) is 5.10 Å². The van der Waals surface area contributed by atoms with Crippen LogP contribution in [-0.4, -0.2) is 19.9 Å². The first kappa shape index (κ1) is 21.1. The minimum Gasteiger partial charge on any atom is -0.380 e. The van der Waals surface area contributed by atoms with Gasteiger partial charge in [0.1, 0.15) is 11.4 Å². The SMILES string of the molecule is OC(CC1CCCCC1)(c1ccc(F)c(Cl)c1)c1ccc2c(cnn2-c2ccccn2)c1. The molecular weight excluding hydrogens is 425 g/mol. The summed E-state index contributed by atoms with van der Waals surface area (Å²) in [7, 11) is 0. The number of rotatable bonds is 5. The van der Waals surface area contributed by atoms with Crippen molar-refractivity contribution >= 4 is 22.5 Å². The Morgan fingerprint density at radius 1 is 1.03 bits per heavy atom. The Kier molecular flexibility index (Phi) is 5.70. The monoisotopic (exact) mass is 449 g/mol. The predicted molar refractivity (Wildman–Crippen MR) is 124 cm³/mol. The molecule has 1 N–H and O–H groups in total. The average Bonchev–Trinajstić information content (AvgIpc) is 3.25. The zero-order chi connectivity index (χ0) is 22.1. The number of hydrogen-bond donors (Lipinski definition) is 1. The van der Waals surface area contributed by atoms with E-state index in [1.54, 1.807) is 29.2 Å². The smallest absolute Gasteiger partial charge is 0.153 e. The van der Waals surface area contributed by atoms with Crippen LogP contribution in [0.1, 0.15) is 49.7 Å². The van der Waals surface area contributed by atoms with Gasteiger partial charge in [-0.15, -0.1) is 0 Å². The predicted octanol–water partition coefficient (Wildman–Crippen LogP) is 6.42. The average molecular weight is 450 g/mol. The van der Waals surface area contributed by atoms with Gasteiger partial charge in [-0.25, -0.2) is 14.1 Å². The van der Waals surface area contributed by atoms with Gasteiger partial charge in [-0.05, 0) is 59.9 Å². The number of aliphatic hydroxyl groups is 1. The van der Waals surface area contributed by atoms with E-state index >= 15 is 0 Å². The van der Waals surface area contributed by atoms with Crippen LogP contribution < -0.4 is 0 Å². The van der Waals surface area contributed by atoms with Crippen molar-refractivity contribution in [1.82, 2.24) is 14.8 Å². The fourth-order valence-electron chi connectivity index (χ4n) is 4.92. The lowest BCUT2D eigenvalue weighted by Crippen LogP contribution is -2.31. The molecule has 32 heavy (non-hydrogen) atoms. The zero-order valence-electron chi connectivity index (χ0n) is 17.7. The summed E-state index contributed by atoms with van der Waals surface area (Å²) in [4.78, 5) is 4.39. The molecule has 1 aliphatic rings. The second-order valence-electron chi connectivity index (χ2n) is 8.72. The van der Waals surface area contributed by atoms with Crippen molar-refractivity contribution in [3.8, 4) is 5.82 Å². The van der Waals surface area contributed by atoms with Crippen molar-refractivity contribution in [2.45, 2.75) is 44.1 Å². The van der Waals surface area contributed by atoms with Gasteiger partial charge in [0.05, 0.1) is 16.7 Å². The van der Waals surface area contributed by atoms with E-state index in [-0.39, 0.29) is 5.02 Å². The number of fused-ring (bicyclic) bond motifs is 1. The third-order valence-electron chi connectivity index (χ3n) is 6.62. The number of nitrogens with zero attached hydrogens (tertiary/aromatic N) is 3. The van der Waals surface area contributed by atoms with Crippen LogP contribution in [0.2, 0.25) is 5.02 Å². The highest BCUT2D eigenvalue weighted by Crippen LogP contribution is 2.42. The molecule has 2 heterocycles. The Hall–Kier alpha value is -2.76. The lowest BCUT2D eigenvalue weighted by atomic mass is 9.75. The van der Waals surface area contributed by atoms with Crippen molar-refractivity contribution in [1.29, 1.82) is 0 Å². The van der Waals surface area contributed by atoms with E-state index in [4.69, 9.17) is 11.6 Å². The number of aromatic nitrogens is 3. The molecule has 6 heteroatoms. The molecule has 1 atom stereocenters. The molecule has 0 radical (unpaired) electrons. The quantitative estimate of drug-likeness (QED) is 0.382. The molecule has 0 saturated heterocycles. The Morgan fingerprint density at radius 3 is 2.56 bits per heavy atom. The first-order chi connectivity index (χ1) is 15.5. The fourth-order valence-corrected chi connectivity index (χ4v) is 5.10. The van der Waals surface area contributed by atoms with E-state index in [0.717, 1.165) is 35.1 Å². The van der Waals surface area contributed by atoms with Crippen LogP contribution in [0.5, 0.6) is 0 Å². The van der Waals surface area contributed by atoms with Gasteiger partial charge < -0.3 is 5.11 Å². The summed E-state index contributed by atoms with van der Waals surface area (Å²) in [6.07, 6.45) is 9.89. The molecule has 2 aromatic heterocycles. The number of pyridine rings is 1. The topological polar surface area (TPSA) is 50.9 Å². The second-order valence-corrected chi connectivity index (χ2v) is 9.12. The summed E-state index contributed by atoms with van der Waals surface area (Å²) >= 11 is 6.11. The minimum atomic E-state index is -1.26. The first-order valence-corrected chi connectivity index (χ1v) is 11.5. The van der Waals surface area contributed by atoms with E-state index in [0.29, 0.717) is 17.9 Å². The highest BCUT2D eigenvalue weighted by molar-refractivity contribution is 6.30. The number of hydrogen-bond acceptors (Lipinski definition) is 3. The Labute approximate surface area is 191 Å². The molecule has 164 valence electrons. The van der Waals surface area contributed by atoms with Gasteiger partial charge in [0.25, 0.3) is 0 Å². The number of halogens is 2. The first-order valence-electron chi connectivity index (χ1n) is 11.1. The summed E-state index contributed by atoms with van der Waals surface area (Å²) in [5.74, 6) is 0.657. The second kappa shape index (κ2) is 8.64. The van der Waals surface area contributed by atoms with E-state index in [9.17, 15) is 9.50 Å². The molecule has 1 saturated carbocycles. The van der Waals surface area contributed by atoms with Gasteiger partial charge in [0.15, 0.2) is 5.82 Å². The van der Waals surface area contributed by atoms with E-state index < -0.39 is 11.4 Å². The van der Waals surface area contributed by atoms with Crippen LogP contribution >= 0.6 is 11.6 Å². The molecule has 5 rings (SSSR count). The van der Waals surface area contributed by atoms with Crippen molar-refractivity contribution in [2.24, 2.45) is 5.92 Å². The van der Waals surface area contributed by atoms with Crippen molar-refractivity contribution < 1.29 is 9.50 Å². The van der Waals surface area contributed by atoms with Gasteiger partial charge in [0.2, 0.25) is 0 Å². The summed E-state index contributed by atoms with van der Waals surface area (Å²) in [5.41, 5.74) is 1.02. The minimum absolute atomic E-state index is 0.0219. The zero-order valence-corrected chi connectivity index (χ0v) is 18.5. The van der Waals surface area contributed by atoms with Crippen LogP contribution in [0.3, 0.4) is 0 Å². The molecule has 2 aromatic carbocycles. The van der Waals surface area contributed by atoms with Crippen molar-refractivity contribution in [2.75, 3.05) is 0 Å². The third-order valence-corrected chi connectivity index (χ3v) is 6.91. The van der Waals surface area contributed by atoms with Crippen LogP contribution in [0.25, 0.3) is 16.7 Å². The van der Waals surface area contributed by atoms with Crippen LogP contribution in [0, 0.1) is 11.7 Å². The normalized spacial score (nSPS) is 16.8. The van der Waals surface area contributed by atoms with E-state index in [1.807, 2.05) is 36.4 Å². The number of benzene rings is 2. The largest absolute Gasteiger partial charge is 0.380 e. The molecule has 1 fully saturated rings. The molecule has 0 amide bonds. The highest BCUT2D eigenvalue weighted by atomic mass is 35.5. The fraction of sp³-hybridized carbons (Fsp3) is 0.308. The maximum Gasteiger partial charge on any atom is 0.153 e. The molecule has 4 aromatic rings. The van der Waals surface area contributed by atoms with Crippen LogP contribution in [0.4, 0.5) is 4.39 Å². The standard InChI is InChI=1S/C26H25ClFN3O/c27-22-15-21(9-11-23(22)28)26(32,16-18-6-2-1-3-7-18)20-10-12-24-19(14-20)17-30-31(24)25-8-4-5-13-29-25/h4-5,8-15,17-18,32H,1-3,6-7,16H2. The Morgan fingerprint density at radius 2 is 1.81 bits per heavy atom. The van der Waals surface area contributed by atoms with E-state index in [2.05, 4.69) is 10.1 Å². The summed E-state index contributed by atoms with van der Waals surface area (Å²) < 4.78 is 15.7. The Bertz CT molecular complexity index is 1240. The van der Waals surface area contributed by atoms with Crippen molar-refractivity contribution in [3.63, 3.8) is 0 Å². The molecule has 0 bridgehead atoms. The van der Waals surface area contributed by atoms with Gasteiger partial charge in [0, 0.05) is 11.6 Å². The highest BCUT2D eigenvalue weighted by Gasteiger charge is 2.35. The van der Waals surface area contributed by atoms with E-state index in [1.165, 1.54) is 25.3 Å². The summed E-state index contributed by atoms with van der Waals surface area (Å²) in [5, 5.41) is 17.5. The molecular formula is C26H25ClFN3O. The van der Waals surface area contributed by atoms with Gasteiger partial charge in [-0.1, -0.05) is 61.9 Å². The maximum absolute atomic E-state index is 13.9. The lowest BCUT2D eigenvalue weighted by Gasteiger charge is -2.35. The molecule has 1 unspecified atom stereocenters. The summed E-state index contributed by atoms with van der Waals surface area (Å²) in [6, 6.07) is 16.1. The Balaban J connectivity index is 1.59. The molecule has 0 spiro atoms. The summed E-state index contributed by atoms with van der Waals surface area (Å²) in [6.45, 7) is 0. The van der Waals surface area contributed by atoms with Crippen molar-refractivity contribution in [3.05, 3.63) is 89.0 Å². The molecule has 1 aliphatic carbocycles. The van der Waals surface area contributed by atoms with Gasteiger partial charge in [-0.3, -0.25) is 0 Å². The molecule has 4 nitrogen and oxygen atoms in total. The van der Waals surface area contributed by atoms with Crippen LogP contribution in [0.15, 0.2) is 67.0 Å². The third kappa shape index (κ3) is 3.91. The maximum atomic E-state index is 13.9. The lowest BCUT2D eigenvalue weighted by molar-refractivity contribution is 0.0452. The molecule has 0 aliphatic heterocycles. The van der Waals surface area contributed by atoms with Crippen LogP contribution in [-0.2, 0) is 5.60 Å². The van der Waals surface area contributed by atoms with Gasteiger partial charge >= 0.3 is 0 Å².